The van der Waals surface area contributed by atoms with E-state index in [2.05, 4.69) is 36.8 Å². The Hall–Kier alpha value is -2.58. The van der Waals surface area contributed by atoms with E-state index >= 15 is 0 Å². The van der Waals surface area contributed by atoms with Crippen LogP contribution in [0.5, 0.6) is 0 Å². The molecule has 0 aliphatic rings. The minimum Gasteiger partial charge on any atom is -0.344 e. The van der Waals surface area contributed by atoms with Gasteiger partial charge in [-0.2, -0.15) is 0 Å². The number of hydrogen-bond donors (Lipinski definition) is 2. The molecule has 1 heterocycles. The molecule has 0 aliphatic heterocycles. The normalized spacial score (nSPS) is 12.7. The van der Waals surface area contributed by atoms with Crippen molar-refractivity contribution in [2.75, 3.05) is 5.32 Å². The maximum absolute atomic E-state index is 12.9. The molecule has 6 nitrogen and oxygen atoms in total. The molecule has 1 aromatic heterocycles. The summed E-state index contributed by atoms with van der Waals surface area (Å²) in [6.07, 6.45) is 1.72. The molecule has 2 aromatic carbocycles. The number of aromatic nitrogens is 2. The molecule has 0 aliphatic carbocycles. The summed E-state index contributed by atoms with van der Waals surface area (Å²) in [7, 11) is 0. The molecule has 2 amide bonds. The topological polar surface area (TPSA) is 84.0 Å². The van der Waals surface area contributed by atoms with Gasteiger partial charge in [-0.25, -0.2) is 0 Å². The third-order valence-corrected chi connectivity index (χ3v) is 6.46. The highest BCUT2D eigenvalue weighted by Gasteiger charge is 2.26. The highest BCUT2D eigenvalue weighted by Crippen LogP contribution is 2.27. The van der Waals surface area contributed by atoms with Gasteiger partial charge in [-0.1, -0.05) is 90.0 Å². The molecular weight excluding hydrogens is 476 g/mol. The van der Waals surface area contributed by atoms with Crippen molar-refractivity contribution in [2.45, 2.75) is 39.2 Å². The van der Waals surface area contributed by atoms with E-state index in [1.165, 1.54) is 11.3 Å². The van der Waals surface area contributed by atoms with Crippen LogP contribution in [0.2, 0.25) is 0 Å². The summed E-state index contributed by atoms with van der Waals surface area (Å²) in [5, 5.41) is 15.1. The minimum atomic E-state index is -0.631. The van der Waals surface area contributed by atoms with Gasteiger partial charge in [-0.15, -0.1) is 10.2 Å². The first-order valence-electron chi connectivity index (χ1n) is 10.2. The van der Waals surface area contributed by atoms with Crippen LogP contribution in [0.1, 0.15) is 32.3 Å². The number of nitrogens with zero attached hydrogens (tertiary/aromatic N) is 2. The lowest BCUT2D eigenvalue weighted by Crippen LogP contribution is -2.47. The number of amides is 2. The Kier molecular flexibility index (Phi) is 8.31. The van der Waals surface area contributed by atoms with Crippen molar-refractivity contribution in [3.8, 4) is 10.6 Å². The molecule has 0 fully saturated rings. The predicted molar refractivity (Wildman–Crippen MR) is 128 cm³/mol. The second kappa shape index (κ2) is 11.2. The number of hydrogen-bond acceptors (Lipinski definition) is 5. The zero-order valence-electron chi connectivity index (χ0n) is 17.5. The van der Waals surface area contributed by atoms with E-state index in [1.807, 2.05) is 68.4 Å². The Morgan fingerprint density at radius 3 is 2.45 bits per heavy atom. The number of halogens is 1. The Morgan fingerprint density at radius 2 is 1.77 bits per heavy atom. The van der Waals surface area contributed by atoms with Crippen molar-refractivity contribution in [1.82, 2.24) is 15.5 Å². The Labute approximate surface area is 194 Å². The Balaban J connectivity index is 1.62. The van der Waals surface area contributed by atoms with Crippen LogP contribution in [-0.4, -0.2) is 28.1 Å². The third-order valence-electron chi connectivity index (χ3n) is 5.04. The molecule has 0 spiro atoms. The van der Waals surface area contributed by atoms with Crippen LogP contribution in [0.3, 0.4) is 0 Å². The van der Waals surface area contributed by atoms with Crippen molar-refractivity contribution >= 4 is 44.2 Å². The van der Waals surface area contributed by atoms with Crippen molar-refractivity contribution in [3.63, 3.8) is 0 Å². The monoisotopic (exact) mass is 500 g/mol. The first-order valence-corrected chi connectivity index (χ1v) is 11.8. The van der Waals surface area contributed by atoms with E-state index < -0.39 is 6.04 Å². The summed E-state index contributed by atoms with van der Waals surface area (Å²) in [5.41, 5.74) is 2.02. The maximum Gasteiger partial charge on any atom is 0.249 e. The number of nitrogens with one attached hydrogen (secondary N) is 2. The molecule has 2 unspecified atom stereocenters. The molecular formula is C23H25BrN4O2S. The van der Waals surface area contributed by atoms with Gasteiger partial charge in [-0.05, 0) is 30.0 Å². The first kappa shape index (κ1) is 23.1. The van der Waals surface area contributed by atoms with Gasteiger partial charge in [0.05, 0.1) is 0 Å². The van der Waals surface area contributed by atoms with Gasteiger partial charge in [0.15, 0.2) is 0 Å². The van der Waals surface area contributed by atoms with E-state index in [0.717, 1.165) is 27.0 Å². The second-order valence-electron chi connectivity index (χ2n) is 7.32. The Bertz CT molecular complexity index is 1010. The van der Waals surface area contributed by atoms with Gasteiger partial charge in [-0.3, -0.25) is 14.9 Å². The maximum atomic E-state index is 12.9. The van der Waals surface area contributed by atoms with Gasteiger partial charge < -0.3 is 5.32 Å². The molecule has 0 bridgehead atoms. The molecule has 0 saturated heterocycles. The average Bonchev–Trinajstić information content (AvgIpc) is 3.25. The number of carbonyl (C=O) groups excluding carboxylic acids is 2. The van der Waals surface area contributed by atoms with Crippen molar-refractivity contribution in [3.05, 3.63) is 64.6 Å². The van der Waals surface area contributed by atoms with Gasteiger partial charge in [0, 0.05) is 16.5 Å². The van der Waals surface area contributed by atoms with Crippen LogP contribution < -0.4 is 10.6 Å². The van der Waals surface area contributed by atoms with Crippen molar-refractivity contribution in [2.24, 2.45) is 5.92 Å². The molecule has 2 N–H and O–H groups in total. The Morgan fingerprint density at radius 1 is 1.06 bits per heavy atom. The van der Waals surface area contributed by atoms with Gasteiger partial charge in [0.2, 0.25) is 16.9 Å². The van der Waals surface area contributed by atoms with E-state index in [4.69, 9.17) is 0 Å². The lowest BCUT2D eigenvalue weighted by atomic mass is 9.98. The third kappa shape index (κ3) is 6.70. The summed E-state index contributed by atoms with van der Waals surface area (Å²) >= 11 is 4.71. The van der Waals surface area contributed by atoms with Crippen LogP contribution in [0, 0.1) is 5.92 Å². The molecule has 8 heteroatoms. The number of benzene rings is 2. The van der Waals surface area contributed by atoms with Crippen LogP contribution in [0.15, 0.2) is 59.1 Å². The summed E-state index contributed by atoms with van der Waals surface area (Å²) < 4.78 is 0.980. The first-order chi connectivity index (χ1) is 15.0. The fourth-order valence-electron chi connectivity index (χ4n) is 3.02. The zero-order valence-corrected chi connectivity index (χ0v) is 19.9. The minimum absolute atomic E-state index is 0.0143. The fraction of sp³-hybridized carbons (Fsp3) is 0.304. The lowest BCUT2D eigenvalue weighted by Gasteiger charge is -2.23. The highest BCUT2D eigenvalue weighted by atomic mass is 79.9. The zero-order chi connectivity index (χ0) is 22.2. The summed E-state index contributed by atoms with van der Waals surface area (Å²) in [6.45, 7) is 3.95. The summed E-state index contributed by atoms with van der Waals surface area (Å²) in [4.78, 5) is 25.4. The second-order valence-corrected chi connectivity index (χ2v) is 9.22. The SMILES string of the molecule is CCC(C)C(NC(=O)CCc1ccccc1)C(=O)Nc1nnc(-c2ccc(Br)cc2)s1. The highest BCUT2D eigenvalue weighted by molar-refractivity contribution is 9.10. The number of anilines is 1. The molecule has 31 heavy (non-hydrogen) atoms. The molecule has 0 saturated carbocycles. The number of carbonyl (C=O) groups is 2. The molecule has 2 atom stereocenters. The summed E-state index contributed by atoms with van der Waals surface area (Å²) in [5.74, 6) is -0.433. The van der Waals surface area contributed by atoms with Crippen molar-refractivity contribution in [1.29, 1.82) is 0 Å². The fourth-order valence-corrected chi connectivity index (χ4v) is 4.03. The van der Waals surface area contributed by atoms with Crippen LogP contribution in [0.25, 0.3) is 10.6 Å². The molecule has 162 valence electrons. The molecule has 0 radical (unpaired) electrons. The van der Waals surface area contributed by atoms with Crippen molar-refractivity contribution < 1.29 is 9.59 Å². The quantitative estimate of drug-likeness (QED) is 0.429. The number of aryl methyl sites for hydroxylation is 1. The van der Waals surface area contributed by atoms with E-state index in [0.29, 0.717) is 18.0 Å². The lowest BCUT2D eigenvalue weighted by molar-refractivity contribution is -0.127. The van der Waals surface area contributed by atoms with Gasteiger partial charge >= 0.3 is 0 Å². The van der Waals surface area contributed by atoms with E-state index in [9.17, 15) is 9.59 Å². The van der Waals surface area contributed by atoms with Crippen LogP contribution >= 0.6 is 27.3 Å². The van der Waals surface area contributed by atoms with Crippen LogP contribution in [-0.2, 0) is 16.0 Å². The smallest absolute Gasteiger partial charge is 0.249 e. The predicted octanol–water partition coefficient (Wildman–Crippen LogP) is 5.07. The van der Waals surface area contributed by atoms with E-state index in [-0.39, 0.29) is 17.7 Å². The van der Waals surface area contributed by atoms with E-state index in [1.54, 1.807) is 0 Å². The van der Waals surface area contributed by atoms with Gasteiger partial charge in [0.1, 0.15) is 11.0 Å². The molecule has 3 aromatic rings. The van der Waals surface area contributed by atoms with Crippen LogP contribution in [0.4, 0.5) is 5.13 Å². The van der Waals surface area contributed by atoms with Gasteiger partial charge in [0.25, 0.3) is 0 Å². The average molecular weight is 501 g/mol. The molecule has 3 rings (SSSR count). The summed E-state index contributed by atoms with van der Waals surface area (Å²) in [6, 6.07) is 16.9. The number of rotatable bonds is 9. The largest absolute Gasteiger partial charge is 0.344 e. The standard InChI is InChI=1S/C23H25BrN4O2S/c1-3-15(2)20(25-19(29)14-9-16-7-5-4-6-8-16)21(30)26-23-28-27-22(31-23)17-10-12-18(24)13-11-17/h4-8,10-13,15,20H,3,9,14H2,1-2H3,(H,25,29)(H,26,28,30).